The van der Waals surface area contributed by atoms with Crippen molar-refractivity contribution in [2.24, 2.45) is 17.8 Å². The highest BCUT2D eigenvalue weighted by Gasteiger charge is 2.48. The first-order valence-corrected chi connectivity index (χ1v) is 9.52. The molecule has 0 bridgehead atoms. The molecule has 26 heavy (non-hydrogen) atoms. The van der Waals surface area contributed by atoms with Crippen LogP contribution in [0.4, 0.5) is 0 Å². The summed E-state index contributed by atoms with van der Waals surface area (Å²) >= 11 is 0. The van der Waals surface area contributed by atoms with Crippen LogP contribution in [-0.4, -0.2) is 34.2 Å². The van der Waals surface area contributed by atoms with E-state index in [-0.39, 0.29) is 24.2 Å². The van der Waals surface area contributed by atoms with Crippen molar-refractivity contribution in [3.8, 4) is 0 Å². The number of hydrogen-bond acceptors (Lipinski definition) is 3. The number of nitrogens with one attached hydrogen (secondary N) is 1. The van der Waals surface area contributed by atoms with Crippen LogP contribution in [0.1, 0.15) is 51.2 Å². The number of aliphatic carboxylic acids is 1. The fourth-order valence-corrected chi connectivity index (χ4v) is 4.18. The zero-order chi connectivity index (χ0) is 19.3. The second kappa shape index (κ2) is 8.67. The summed E-state index contributed by atoms with van der Waals surface area (Å²) in [4.78, 5) is 23.6. The van der Waals surface area contributed by atoms with Crippen LogP contribution in [0.2, 0.25) is 0 Å². The van der Waals surface area contributed by atoms with Crippen LogP contribution in [0.3, 0.4) is 0 Å². The fourth-order valence-electron chi connectivity index (χ4n) is 4.18. The quantitative estimate of drug-likeness (QED) is 0.697. The average molecular weight is 361 g/mol. The van der Waals surface area contributed by atoms with Crippen LogP contribution in [0, 0.1) is 17.8 Å². The van der Waals surface area contributed by atoms with Gasteiger partial charge in [0.15, 0.2) is 0 Å². The van der Waals surface area contributed by atoms with Crippen molar-refractivity contribution in [1.82, 2.24) is 5.32 Å². The van der Waals surface area contributed by atoms with Gasteiger partial charge in [0.2, 0.25) is 0 Å². The Balaban J connectivity index is 1.96. The highest BCUT2D eigenvalue weighted by molar-refractivity contribution is 5.85. The molecule has 5 heteroatoms. The van der Waals surface area contributed by atoms with Crippen molar-refractivity contribution in [3.63, 3.8) is 0 Å². The van der Waals surface area contributed by atoms with Crippen molar-refractivity contribution in [3.05, 3.63) is 35.4 Å². The van der Waals surface area contributed by atoms with Crippen molar-refractivity contribution in [2.75, 3.05) is 6.54 Å². The van der Waals surface area contributed by atoms with Crippen molar-refractivity contribution in [1.29, 1.82) is 0 Å². The first kappa shape index (κ1) is 20.4. The van der Waals surface area contributed by atoms with Crippen molar-refractivity contribution < 1.29 is 19.8 Å². The van der Waals surface area contributed by atoms with E-state index in [4.69, 9.17) is 5.11 Å². The van der Waals surface area contributed by atoms with Crippen molar-refractivity contribution in [2.45, 2.75) is 58.5 Å². The third-order valence-corrected chi connectivity index (χ3v) is 5.49. The number of benzene rings is 1. The zero-order valence-corrected chi connectivity index (χ0v) is 16.0. The average Bonchev–Trinajstić information content (AvgIpc) is 2.54. The number of hydrogen-bond donors (Lipinski definition) is 3. The maximum absolute atomic E-state index is 12.7. The van der Waals surface area contributed by atoms with Gasteiger partial charge in [-0.2, -0.15) is 0 Å². The third-order valence-electron chi connectivity index (χ3n) is 5.49. The van der Waals surface area contributed by atoms with E-state index >= 15 is 0 Å². The lowest BCUT2D eigenvalue weighted by Gasteiger charge is -2.43. The minimum Gasteiger partial charge on any atom is -0.481 e. The topological polar surface area (TPSA) is 86.6 Å². The summed E-state index contributed by atoms with van der Waals surface area (Å²) in [6.45, 7) is 6.64. The predicted molar refractivity (Wildman–Crippen MR) is 101 cm³/mol. The zero-order valence-electron chi connectivity index (χ0n) is 16.0. The van der Waals surface area contributed by atoms with Gasteiger partial charge in [-0.3, -0.25) is 9.59 Å². The van der Waals surface area contributed by atoms with E-state index in [1.807, 2.05) is 18.2 Å². The van der Waals surface area contributed by atoms with Gasteiger partial charge in [0.05, 0.1) is 6.42 Å². The van der Waals surface area contributed by atoms with E-state index in [2.05, 4.69) is 26.1 Å². The van der Waals surface area contributed by atoms with Gasteiger partial charge in [-0.15, -0.1) is 0 Å². The highest BCUT2D eigenvalue weighted by atomic mass is 16.4. The SMILES string of the molecule is CC(C)[C@@H]1CC[C@@H](C)C[C@@]1(O)C(=O)NCCc1cccc(CC(=O)O)c1. The molecule has 0 spiro atoms. The lowest BCUT2D eigenvalue weighted by molar-refractivity contribution is -0.155. The van der Waals surface area contributed by atoms with Crippen LogP contribution in [0.5, 0.6) is 0 Å². The van der Waals surface area contributed by atoms with E-state index in [0.29, 0.717) is 25.3 Å². The Morgan fingerprint density at radius 3 is 2.62 bits per heavy atom. The lowest BCUT2D eigenvalue weighted by atomic mass is 9.66. The second-order valence-electron chi connectivity index (χ2n) is 8.06. The van der Waals surface area contributed by atoms with Crippen LogP contribution in [0.15, 0.2) is 24.3 Å². The van der Waals surface area contributed by atoms with Crippen LogP contribution < -0.4 is 5.32 Å². The van der Waals surface area contributed by atoms with Gasteiger partial charge in [-0.1, -0.05) is 51.5 Å². The normalized spacial score (nSPS) is 25.9. The molecule has 2 rings (SSSR count). The van der Waals surface area contributed by atoms with Gasteiger partial charge in [0.1, 0.15) is 5.60 Å². The lowest BCUT2D eigenvalue weighted by Crippen LogP contribution is -2.56. The molecule has 1 aliphatic rings. The highest BCUT2D eigenvalue weighted by Crippen LogP contribution is 2.41. The molecule has 3 N–H and O–H groups in total. The molecule has 1 aromatic rings. The summed E-state index contributed by atoms with van der Waals surface area (Å²) in [7, 11) is 0. The monoisotopic (exact) mass is 361 g/mol. The first-order valence-electron chi connectivity index (χ1n) is 9.52. The number of amides is 1. The van der Waals surface area contributed by atoms with Gasteiger partial charge < -0.3 is 15.5 Å². The molecule has 5 nitrogen and oxygen atoms in total. The van der Waals surface area contributed by atoms with Gasteiger partial charge in [-0.05, 0) is 48.1 Å². The fraction of sp³-hybridized carbons (Fsp3) is 0.619. The Labute approximate surface area is 155 Å². The smallest absolute Gasteiger partial charge is 0.307 e. The van der Waals surface area contributed by atoms with Gasteiger partial charge in [0, 0.05) is 6.54 Å². The molecule has 0 aliphatic heterocycles. The number of carbonyl (C=O) groups excluding carboxylic acids is 1. The number of carboxylic acids is 1. The minimum atomic E-state index is -1.29. The second-order valence-corrected chi connectivity index (χ2v) is 8.06. The minimum absolute atomic E-state index is 0.00604. The Morgan fingerprint density at radius 1 is 1.27 bits per heavy atom. The summed E-state index contributed by atoms with van der Waals surface area (Å²) in [6.07, 6.45) is 3.04. The molecule has 3 atom stereocenters. The molecule has 0 aromatic heterocycles. The maximum atomic E-state index is 12.7. The summed E-state index contributed by atoms with van der Waals surface area (Å²) < 4.78 is 0. The molecule has 1 aliphatic carbocycles. The van der Waals surface area contributed by atoms with E-state index < -0.39 is 11.6 Å². The molecule has 0 saturated heterocycles. The third kappa shape index (κ3) is 5.07. The first-order chi connectivity index (χ1) is 12.2. The van der Waals surface area contributed by atoms with Gasteiger partial charge in [-0.25, -0.2) is 0 Å². The standard InChI is InChI=1S/C21H31NO4/c1-14(2)18-8-7-15(3)13-21(18,26)20(25)22-10-9-16-5-4-6-17(11-16)12-19(23)24/h4-6,11,14-15,18,26H,7-10,12-13H2,1-3H3,(H,22,25)(H,23,24)/t15-,18+,21+/m1/s1. The van der Waals surface area contributed by atoms with Gasteiger partial charge >= 0.3 is 5.97 Å². The predicted octanol–water partition coefficient (Wildman–Crippen LogP) is 2.80. The Morgan fingerprint density at radius 2 is 1.96 bits per heavy atom. The van der Waals surface area contributed by atoms with Crippen LogP contribution >= 0.6 is 0 Å². The summed E-state index contributed by atoms with van der Waals surface area (Å²) in [6, 6.07) is 7.40. The number of aliphatic hydroxyl groups is 1. The number of carboxylic acid groups (broad SMARTS) is 1. The van der Waals surface area contributed by atoms with E-state index in [1.165, 1.54) is 0 Å². The largest absolute Gasteiger partial charge is 0.481 e. The molecular formula is C21H31NO4. The van der Waals surface area contributed by atoms with Crippen LogP contribution in [0.25, 0.3) is 0 Å². The van der Waals surface area contributed by atoms with E-state index in [0.717, 1.165) is 24.0 Å². The molecular weight excluding hydrogens is 330 g/mol. The molecule has 144 valence electrons. The Kier molecular flexibility index (Phi) is 6.81. The summed E-state index contributed by atoms with van der Waals surface area (Å²) in [5.74, 6) is -0.551. The van der Waals surface area contributed by atoms with E-state index in [9.17, 15) is 14.7 Å². The van der Waals surface area contributed by atoms with E-state index in [1.54, 1.807) is 6.07 Å². The number of carbonyl (C=O) groups is 2. The molecule has 0 unspecified atom stereocenters. The van der Waals surface area contributed by atoms with Crippen molar-refractivity contribution >= 4 is 11.9 Å². The molecule has 1 aromatic carbocycles. The Hall–Kier alpha value is -1.88. The molecule has 1 fully saturated rings. The molecule has 1 amide bonds. The summed E-state index contributed by atoms with van der Waals surface area (Å²) in [5.41, 5.74) is 0.436. The van der Waals surface area contributed by atoms with Gasteiger partial charge in [0.25, 0.3) is 5.91 Å². The molecule has 0 radical (unpaired) electrons. The maximum Gasteiger partial charge on any atom is 0.307 e. The molecule has 1 saturated carbocycles. The molecule has 0 heterocycles. The Bertz CT molecular complexity index is 643. The van der Waals surface area contributed by atoms with Crippen LogP contribution in [-0.2, 0) is 22.4 Å². The summed E-state index contributed by atoms with van der Waals surface area (Å²) in [5, 5.41) is 22.9. The number of rotatable bonds is 7.